The fourth-order valence-electron chi connectivity index (χ4n) is 4.06. The number of aliphatic hydroxyl groups is 1. The Kier molecular flexibility index (Phi) is 8.29. The summed E-state index contributed by atoms with van der Waals surface area (Å²) in [7, 11) is -4.78. The molecule has 1 amide bonds. The molecule has 0 saturated carbocycles. The van der Waals surface area contributed by atoms with Crippen molar-refractivity contribution in [2.45, 2.75) is 23.1 Å². The minimum absolute atomic E-state index is 0.0125. The van der Waals surface area contributed by atoms with Crippen LogP contribution in [0.3, 0.4) is 0 Å². The lowest BCUT2D eigenvalue weighted by Crippen LogP contribution is -2.42. The van der Waals surface area contributed by atoms with Crippen LogP contribution in [0.2, 0.25) is 5.02 Å². The summed E-state index contributed by atoms with van der Waals surface area (Å²) in [5, 5.41) is 27.4. The van der Waals surface area contributed by atoms with Gasteiger partial charge in [-0.15, -0.1) is 4.40 Å². The molecule has 1 atom stereocenters. The molecule has 0 fully saturated rings. The van der Waals surface area contributed by atoms with Crippen molar-refractivity contribution in [3.63, 3.8) is 0 Å². The number of sulfonamides is 1. The molecular weight excluding hydrogens is 603 g/mol. The quantitative estimate of drug-likeness (QED) is 0.176. The summed E-state index contributed by atoms with van der Waals surface area (Å²) >= 11 is 5.59. The number of carbonyl (C=O) groups excluding carboxylic acids is 1. The van der Waals surface area contributed by atoms with Gasteiger partial charge in [-0.3, -0.25) is 9.59 Å². The number of hydrazone groups is 1. The van der Waals surface area contributed by atoms with Crippen molar-refractivity contribution in [1.82, 2.24) is 5.01 Å². The number of anilines is 1. The standard InChI is InChI=1S/C26H21ClF3N5O6S/c27-20-11-10-18(12-19(20)26(28,29)30)42(40,41)34-24(31)35-14-25(39,16-4-2-1-3-5-16)23(33-35)15-6-8-17(9-7-15)32-21(36)13-22(37)38/h1-12,39H,13-14H2,(H2,31,34)(H,32,36)(H,37,38). The van der Waals surface area contributed by atoms with Crippen LogP contribution in [0.25, 0.3) is 0 Å². The molecule has 0 bridgehead atoms. The summed E-state index contributed by atoms with van der Waals surface area (Å²) in [5.41, 5.74) is 3.67. The number of benzene rings is 3. The van der Waals surface area contributed by atoms with E-state index < -0.39 is 68.1 Å². The summed E-state index contributed by atoms with van der Waals surface area (Å²) in [4.78, 5) is 21.7. The van der Waals surface area contributed by atoms with Crippen molar-refractivity contribution < 1.29 is 41.4 Å². The molecule has 3 aromatic rings. The van der Waals surface area contributed by atoms with Crippen LogP contribution in [-0.2, 0) is 31.4 Å². The van der Waals surface area contributed by atoms with Crippen LogP contribution in [0, 0.1) is 0 Å². The van der Waals surface area contributed by atoms with Gasteiger partial charge in [0.15, 0.2) is 5.60 Å². The first-order chi connectivity index (χ1) is 19.6. The maximum Gasteiger partial charge on any atom is 0.417 e. The van der Waals surface area contributed by atoms with E-state index >= 15 is 0 Å². The van der Waals surface area contributed by atoms with Gasteiger partial charge in [-0.2, -0.15) is 26.7 Å². The Balaban J connectivity index is 1.70. The number of hydrogen-bond acceptors (Lipinski definition) is 6. The summed E-state index contributed by atoms with van der Waals surface area (Å²) in [6.07, 6.45) is -5.67. The zero-order valence-electron chi connectivity index (χ0n) is 21.2. The minimum atomic E-state index is -4.92. The Labute approximate surface area is 241 Å². The third kappa shape index (κ3) is 6.53. The Morgan fingerprint density at radius 2 is 1.74 bits per heavy atom. The van der Waals surface area contributed by atoms with Crippen molar-refractivity contribution in [3.05, 3.63) is 94.5 Å². The van der Waals surface area contributed by atoms with Gasteiger partial charge in [-0.1, -0.05) is 54.1 Å². The van der Waals surface area contributed by atoms with E-state index in [0.717, 1.165) is 17.1 Å². The number of carboxylic acids is 1. The van der Waals surface area contributed by atoms with Crippen LogP contribution in [0.4, 0.5) is 18.9 Å². The van der Waals surface area contributed by atoms with Crippen molar-refractivity contribution >= 4 is 50.9 Å². The number of amides is 1. The maximum absolute atomic E-state index is 13.3. The number of carbonyl (C=O) groups is 2. The number of rotatable bonds is 7. The number of hydrogen-bond donors (Lipinski definition) is 4. The van der Waals surface area contributed by atoms with Crippen molar-refractivity contribution in [3.8, 4) is 0 Å². The van der Waals surface area contributed by atoms with Gasteiger partial charge in [0.25, 0.3) is 10.0 Å². The van der Waals surface area contributed by atoms with Crippen LogP contribution in [0.1, 0.15) is 23.1 Å². The third-order valence-corrected chi connectivity index (χ3v) is 7.62. The van der Waals surface area contributed by atoms with E-state index in [-0.39, 0.29) is 11.4 Å². The topological polar surface area (TPSA) is 175 Å². The van der Waals surface area contributed by atoms with Gasteiger partial charge >= 0.3 is 12.1 Å². The minimum Gasteiger partial charge on any atom is -0.481 e. The number of β-amino-alcohol motifs (C(OH)–C–C–N with tert-alkyl or cyclic N) is 1. The van der Waals surface area contributed by atoms with Gasteiger partial charge in [0.05, 0.1) is 22.0 Å². The molecule has 1 aliphatic heterocycles. The number of carboxylic acid groups (broad SMARTS) is 1. The Morgan fingerprint density at radius 1 is 1.10 bits per heavy atom. The smallest absolute Gasteiger partial charge is 0.417 e. The summed E-state index contributed by atoms with van der Waals surface area (Å²) in [6.45, 7) is -0.414. The molecule has 42 heavy (non-hydrogen) atoms. The molecular formula is C26H21ClF3N5O6S. The second-order valence-corrected chi connectivity index (χ2v) is 11.0. The Hall–Kier alpha value is -4.47. The molecule has 0 spiro atoms. The fourth-order valence-corrected chi connectivity index (χ4v) is 5.24. The molecule has 0 saturated heterocycles. The molecule has 4 rings (SSSR count). The molecule has 220 valence electrons. The van der Waals surface area contributed by atoms with Crippen LogP contribution in [0.5, 0.6) is 0 Å². The molecule has 1 unspecified atom stereocenters. The van der Waals surface area contributed by atoms with Crippen molar-refractivity contribution in [2.75, 3.05) is 11.9 Å². The normalized spacial score (nSPS) is 17.6. The lowest BCUT2D eigenvalue weighted by Gasteiger charge is -2.25. The first-order valence-corrected chi connectivity index (χ1v) is 13.7. The number of nitrogens with zero attached hydrogens (tertiary/aromatic N) is 3. The van der Waals surface area contributed by atoms with Crippen LogP contribution < -0.4 is 11.1 Å². The average Bonchev–Trinajstić information content (AvgIpc) is 3.27. The first kappa shape index (κ1) is 30.5. The van der Waals surface area contributed by atoms with E-state index in [1.807, 2.05) is 0 Å². The van der Waals surface area contributed by atoms with Gasteiger partial charge in [-0.25, -0.2) is 5.01 Å². The highest BCUT2D eigenvalue weighted by Gasteiger charge is 2.44. The summed E-state index contributed by atoms with van der Waals surface area (Å²) in [5.74, 6) is -2.80. The Morgan fingerprint density at radius 3 is 2.33 bits per heavy atom. The van der Waals surface area contributed by atoms with Crippen molar-refractivity contribution in [2.24, 2.45) is 15.2 Å². The monoisotopic (exact) mass is 623 g/mol. The zero-order chi connectivity index (χ0) is 30.9. The molecule has 1 heterocycles. The van der Waals surface area contributed by atoms with E-state index in [0.29, 0.717) is 17.2 Å². The number of alkyl halides is 3. The lowest BCUT2D eigenvalue weighted by molar-refractivity contribution is -0.140. The number of guanidine groups is 1. The predicted octanol–water partition coefficient (Wildman–Crippen LogP) is 3.38. The van der Waals surface area contributed by atoms with Gasteiger partial charge in [-0.05, 0) is 35.9 Å². The van der Waals surface area contributed by atoms with Gasteiger partial charge in [0.2, 0.25) is 11.9 Å². The molecule has 3 aromatic carbocycles. The molecule has 1 aliphatic rings. The van der Waals surface area contributed by atoms with E-state index in [1.165, 1.54) is 24.3 Å². The highest BCUT2D eigenvalue weighted by molar-refractivity contribution is 7.90. The second-order valence-electron chi connectivity index (χ2n) is 8.99. The number of nitrogens with two attached hydrogens (primary N) is 1. The third-order valence-electron chi connectivity index (χ3n) is 6.02. The second kappa shape index (κ2) is 11.4. The van der Waals surface area contributed by atoms with E-state index in [4.69, 9.17) is 22.4 Å². The van der Waals surface area contributed by atoms with E-state index in [2.05, 4.69) is 14.8 Å². The van der Waals surface area contributed by atoms with E-state index in [9.17, 15) is 36.3 Å². The average molecular weight is 624 g/mol. The fraction of sp³-hybridized carbons (Fsp3) is 0.154. The molecule has 11 nitrogen and oxygen atoms in total. The number of aliphatic carboxylic acids is 1. The molecule has 5 N–H and O–H groups in total. The number of nitrogens with one attached hydrogen (secondary N) is 1. The van der Waals surface area contributed by atoms with Crippen LogP contribution >= 0.6 is 11.6 Å². The van der Waals surface area contributed by atoms with Gasteiger partial charge in [0, 0.05) is 11.3 Å². The highest BCUT2D eigenvalue weighted by atomic mass is 35.5. The molecule has 16 heteroatoms. The lowest BCUT2D eigenvalue weighted by atomic mass is 9.86. The van der Waals surface area contributed by atoms with Crippen LogP contribution in [0.15, 0.2) is 87.2 Å². The molecule has 0 aromatic heterocycles. The Bertz CT molecular complexity index is 1700. The predicted molar refractivity (Wildman–Crippen MR) is 146 cm³/mol. The summed E-state index contributed by atoms with van der Waals surface area (Å²) < 4.78 is 69.0. The zero-order valence-corrected chi connectivity index (χ0v) is 22.8. The summed E-state index contributed by atoms with van der Waals surface area (Å²) in [6, 6.07) is 16.0. The van der Waals surface area contributed by atoms with Crippen LogP contribution in [-0.4, -0.2) is 53.7 Å². The van der Waals surface area contributed by atoms with E-state index in [1.54, 1.807) is 30.3 Å². The van der Waals surface area contributed by atoms with Crippen molar-refractivity contribution in [1.29, 1.82) is 0 Å². The first-order valence-electron chi connectivity index (χ1n) is 11.8. The largest absolute Gasteiger partial charge is 0.481 e. The molecule has 0 aliphatic carbocycles. The number of halogens is 4. The molecule has 0 radical (unpaired) electrons. The van der Waals surface area contributed by atoms with Gasteiger partial charge < -0.3 is 21.3 Å². The van der Waals surface area contributed by atoms with Gasteiger partial charge in [0.1, 0.15) is 12.1 Å². The highest BCUT2D eigenvalue weighted by Crippen LogP contribution is 2.37. The maximum atomic E-state index is 13.3. The SMILES string of the molecule is N/C(=N\S(=O)(=O)c1ccc(Cl)c(C(F)(F)F)c1)N1CC(O)(c2ccccc2)C(c2ccc(NC(=O)CC(=O)O)cc2)=N1.